The number of aromatic nitrogens is 3. The van der Waals surface area contributed by atoms with E-state index in [1.165, 1.54) is 11.3 Å². The maximum Gasteiger partial charge on any atom is 0.302 e. The third-order valence-electron chi connectivity index (χ3n) is 2.99. The molecular weight excluding hydrogens is 320 g/mol. The summed E-state index contributed by atoms with van der Waals surface area (Å²) in [7, 11) is 0. The minimum atomic E-state index is 0.388. The highest BCUT2D eigenvalue weighted by atomic mass is 35.5. The molecular formula is C15H9ClN4OS. The Hall–Kier alpha value is -2.44. The number of thiazole rings is 1. The summed E-state index contributed by atoms with van der Waals surface area (Å²) in [4.78, 5) is 13.1. The Labute approximate surface area is 134 Å². The number of halogens is 1. The largest absolute Gasteiger partial charge is 0.423 e. The van der Waals surface area contributed by atoms with Gasteiger partial charge in [0.1, 0.15) is 11.2 Å². The van der Waals surface area contributed by atoms with Gasteiger partial charge >= 0.3 is 6.01 Å². The third kappa shape index (κ3) is 2.54. The number of nitrogens with zero attached hydrogens (tertiary/aromatic N) is 3. The second-order valence-corrected chi connectivity index (χ2v) is 5.80. The Morgan fingerprint density at radius 3 is 2.91 bits per heavy atom. The minimum Gasteiger partial charge on any atom is -0.423 e. The molecule has 22 heavy (non-hydrogen) atoms. The summed E-state index contributed by atoms with van der Waals surface area (Å²) in [6.07, 6.45) is 1.74. The zero-order valence-corrected chi connectivity index (χ0v) is 12.7. The monoisotopic (exact) mass is 328 g/mol. The molecule has 0 bridgehead atoms. The molecule has 0 saturated heterocycles. The topological polar surface area (TPSA) is 63.8 Å². The highest BCUT2D eigenvalue weighted by Gasteiger charge is 2.10. The molecule has 0 spiro atoms. The maximum absolute atomic E-state index is 5.94. The van der Waals surface area contributed by atoms with E-state index in [2.05, 4.69) is 20.3 Å². The minimum absolute atomic E-state index is 0.388. The number of pyridine rings is 1. The smallest absolute Gasteiger partial charge is 0.302 e. The number of rotatable bonds is 3. The van der Waals surface area contributed by atoms with E-state index in [1.54, 1.807) is 24.4 Å². The number of fused-ring (bicyclic) bond motifs is 1. The SMILES string of the molecule is Clc1ccc2oc(Nc3nc(-c4ccccn4)cs3)nc2c1. The van der Waals surface area contributed by atoms with E-state index in [9.17, 15) is 0 Å². The number of oxazole rings is 1. The second kappa shape index (κ2) is 5.40. The molecule has 0 aliphatic heterocycles. The lowest BCUT2D eigenvalue weighted by atomic mass is 10.3. The van der Waals surface area contributed by atoms with Crippen molar-refractivity contribution in [1.82, 2.24) is 15.0 Å². The van der Waals surface area contributed by atoms with E-state index in [0.717, 1.165) is 11.4 Å². The molecule has 5 nitrogen and oxygen atoms in total. The van der Waals surface area contributed by atoms with Crippen LogP contribution in [0.3, 0.4) is 0 Å². The van der Waals surface area contributed by atoms with Gasteiger partial charge in [-0.15, -0.1) is 11.3 Å². The summed E-state index contributed by atoms with van der Waals surface area (Å²) in [5.41, 5.74) is 3.02. The highest BCUT2D eigenvalue weighted by Crippen LogP contribution is 2.28. The Balaban J connectivity index is 1.61. The lowest BCUT2D eigenvalue weighted by Crippen LogP contribution is -1.89. The predicted molar refractivity (Wildman–Crippen MR) is 87.6 cm³/mol. The van der Waals surface area contributed by atoms with E-state index in [1.807, 2.05) is 23.6 Å². The fourth-order valence-electron chi connectivity index (χ4n) is 2.01. The van der Waals surface area contributed by atoms with Crippen LogP contribution in [0.25, 0.3) is 22.5 Å². The van der Waals surface area contributed by atoms with Gasteiger partial charge in [0.25, 0.3) is 0 Å². The van der Waals surface area contributed by atoms with Gasteiger partial charge in [-0.1, -0.05) is 17.7 Å². The third-order valence-corrected chi connectivity index (χ3v) is 3.99. The van der Waals surface area contributed by atoms with Crippen molar-refractivity contribution in [3.8, 4) is 11.4 Å². The van der Waals surface area contributed by atoms with Crippen LogP contribution in [0.1, 0.15) is 0 Å². The molecule has 7 heteroatoms. The van der Waals surface area contributed by atoms with Gasteiger partial charge in [-0.05, 0) is 30.3 Å². The maximum atomic E-state index is 5.94. The molecule has 4 aromatic rings. The molecule has 0 unspecified atom stereocenters. The van der Waals surface area contributed by atoms with Crippen molar-refractivity contribution in [2.75, 3.05) is 5.32 Å². The summed E-state index contributed by atoms with van der Waals surface area (Å²) < 4.78 is 5.61. The van der Waals surface area contributed by atoms with Crippen LogP contribution in [0.2, 0.25) is 5.02 Å². The van der Waals surface area contributed by atoms with Gasteiger partial charge < -0.3 is 4.42 Å². The van der Waals surface area contributed by atoms with Gasteiger partial charge in [0.15, 0.2) is 10.7 Å². The Morgan fingerprint density at radius 1 is 1.09 bits per heavy atom. The molecule has 0 fully saturated rings. The quantitative estimate of drug-likeness (QED) is 0.588. The molecule has 0 radical (unpaired) electrons. The highest BCUT2D eigenvalue weighted by molar-refractivity contribution is 7.14. The van der Waals surface area contributed by atoms with Crippen molar-refractivity contribution in [2.45, 2.75) is 0 Å². The Bertz CT molecular complexity index is 935. The second-order valence-electron chi connectivity index (χ2n) is 4.51. The van der Waals surface area contributed by atoms with Crippen LogP contribution in [0.15, 0.2) is 52.4 Å². The van der Waals surface area contributed by atoms with E-state index in [-0.39, 0.29) is 0 Å². The van der Waals surface area contributed by atoms with Gasteiger partial charge in [-0.2, -0.15) is 4.98 Å². The van der Waals surface area contributed by atoms with Crippen molar-refractivity contribution >= 4 is 45.2 Å². The number of anilines is 2. The van der Waals surface area contributed by atoms with Crippen molar-refractivity contribution in [3.63, 3.8) is 0 Å². The average Bonchev–Trinajstić information content (AvgIpc) is 3.14. The van der Waals surface area contributed by atoms with Gasteiger partial charge in [-0.25, -0.2) is 4.98 Å². The summed E-state index contributed by atoms with van der Waals surface area (Å²) in [5.74, 6) is 0. The first-order valence-electron chi connectivity index (χ1n) is 6.48. The van der Waals surface area contributed by atoms with Crippen LogP contribution < -0.4 is 5.32 Å². The average molecular weight is 329 g/mol. The van der Waals surface area contributed by atoms with Crippen LogP contribution in [-0.2, 0) is 0 Å². The number of hydrogen-bond acceptors (Lipinski definition) is 6. The van der Waals surface area contributed by atoms with Crippen LogP contribution >= 0.6 is 22.9 Å². The van der Waals surface area contributed by atoms with Gasteiger partial charge in [0, 0.05) is 16.6 Å². The molecule has 3 aromatic heterocycles. The first-order chi connectivity index (χ1) is 10.8. The van der Waals surface area contributed by atoms with Crippen LogP contribution in [0.5, 0.6) is 0 Å². The van der Waals surface area contributed by atoms with Crippen molar-refractivity contribution in [3.05, 3.63) is 53.0 Å². The molecule has 4 rings (SSSR count). The first kappa shape index (κ1) is 13.2. The molecule has 1 aromatic carbocycles. The number of hydrogen-bond donors (Lipinski definition) is 1. The summed E-state index contributed by atoms with van der Waals surface area (Å²) in [6.45, 7) is 0. The summed E-state index contributed by atoms with van der Waals surface area (Å²) in [6, 6.07) is 11.4. The zero-order valence-electron chi connectivity index (χ0n) is 11.2. The Morgan fingerprint density at radius 2 is 2.05 bits per heavy atom. The summed E-state index contributed by atoms with van der Waals surface area (Å²) in [5, 5.41) is 6.31. The zero-order chi connectivity index (χ0) is 14.9. The molecule has 0 aliphatic rings. The standard InChI is InChI=1S/C15H9ClN4OS/c16-9-4-5-13-11(7-9)18-14(21-13)20-15-19-12(8-22-15)10-3-1-2-6-17-10/h1-8H,(H,18,19,20). The predicted octanol–water partition coefficient (Wildman–Crippen LogP) is 4.74. The molecule has 0 saturated carbocycles. The van der Waals surface area contributed by atoms with Gasteiger partial charge in [0.05, 0.1) is 5.69 Å². The van der Waals surface area contributed by atoms with Crippen molar-refractivity contribution in [1.29, 1.82) is 0 Å². The van der Waals surface area contributed by atoms with E-state index in [0.29, 0.717) is 27.3 Å². The number of nitrogens with one attached hydrogen (secondary N) is 1. The molecule has 108 valence electrons. The molecule has 1 N–H and O–H groups in total. The normalized spacial score (nSPS) is 11.0. The van der Waals surface area contributed by atoms with Gasteiger partial charge in [0.2, 0.25) is 0 Å². The van der Waals surface area contributed by atoms with Crippen molar-refractivity contribution in [2.24, 2.45) is 0 Å². The lowest BCUT2D eigenvalue weighted by molar-refractivity contribution is 0.623. The van der Waals surface area contributed by atoms with E-state index >= 15 is 0 Å². The summed E-state index contributed by atoms with van der Waals surface area (Å²) >= 11 is 7.40. The fraction of sp³-hybridized carbons (Fsp3) is 0. The lowest BCUT2D eigenvalue weighted by Gasteiger charge is -1.95. The first-order valence-corrected chi connectivity index (χ1v) is 7.74. The van der Waals surface area contributed by atoms with Crippen LogP contribution in [-0.4, -0.2) is 15.0 Å². The molecule has 0 atom stereocenters. The molecule has 0 amide bonds. The molecule has 0 aliphatic carbocycles. The van der Waals surface area contributed by atoms with Crippen LogP contribution in [0.4, 0.5) is 11.1 Å². The Kier molecular flexibility index (Phi) is 3.25. The van der Waals surface area contributed by atoms with Crippen molar-refractivity contribution < 1.29 is 4.42 Å². The van der Waals surface area contributed by atoms with E-state index < -0.39 is 0 Å². The fourth-order valence-corrected chi connectivity index (χ4v) is 2.87. The van der Waals surface area contributed by atoms with Crippen LogP contribution in [0, 0.1) is 0 Å². The number of benzene rings is 1. The molecule has 3 heterocycles. The van der Waals surface area contributed by atoms with Gasteiger partial charge in [-0.3, -0.25) is 10.3 Å². The van der Waals surface area contributed by atoms with E-state index in [4.69, 9.17) is 16.0 Å².